The molecule has 66 valence electrons. The second-order valence-electron chi connectivity index (χ2n) is 2.53. The van der Waals surface area contributed by atoms with Gasteiger partial charge in [-0.1, -0.05) is 15.9 Å². The minimum Gasteiger partial charge on any atom is -0.207 e. The Morgan fingerprint density at radius 2 is 2.00 bits per heavy atom. The van der Waals surface area contributed by atoms with Crippen LogP contribution in [0.1, 0.15) is 12.0 Å². The fourth-order valence-corrected chi connectivity index (χ4v) is 1.27. The van der Waals surface area contributed by atoms with Gasteiger partial charge in [-0.15, -0.1) is 0 Å². The van der Waals surface area contributed by atoms with Crippen LogP contribution in [0, 0.1) is 11.6 Å². The molecule has 0 bridgehead atoms. The predicted molar refractivity (Wildman–Crippen MR) is 48.5 cm³/mol. The van der Waals surface area contributed by atoms with Gasteiger partial charge in [-0.2, -0.15) is 0 Å². The van der Waals surface area contributed by atoms with Crippen LogP contribution in [0.4, 0.5) is 8.78 Å². The normalized spacial score (nSPS) is 10.2. The highest BCUT2D eigenvalue weighted by atomic mass is 79.9. The van der Waals surface area contributed by atoms with Gasteiger partial charge in [-0.3, -0.25) is 0 Å². The van der Waals surface area contributed by atoms with Crippen LogP contribution in [0.2, 0.25) is 0 Å². The molecular weight excluding hydrogens is 226 g/mol. The molecule has 1 aromatic rings. The van der Waals surface area contributed by atoms with Crippen molar-refractivity contribution >= 4 is 15.9 Å². The summed E-state index contributed by atoms with van der Waals surface area (Å²) in [4.78, 5) is 0. The van der Waals surface area contributed by atoms with Gasteiger partial charge in [-0.25, -0.2) is 8.78 Å². The van der Waals surface area contributed by atoms with Gasteiger partial charge < -0.3 is 0 Å². The van der Waals surface area contributed by atoms with Crippen LogP contribution in [0.15, 0.2) is 18.2 Å². The van der Waals surface area contributed by atoms with E-state index in [1.165, 1.54) is 12.1 Å². The number of alkyl halides is 1. The molecule has 0 heterocycles. The first-order valence-electron chi connectivity index (χ1n) is 3.74. The van der Waals surface area contributed by atoms with Crippen molar-refractivity contribution in [3.05, 3.63) is 35.4 Å². The Balaban J connectivity index is 2.75. The number of benzene rings is 1. The van der Waals surface area contributed by atoms with Crippen LogP contribution in [0.3, 0.4) is 0 Å². The van der Waals surface area contributed by atoms with Crippen molar-refractivity contribution < 1.29 is 8.78 Å². The van der Waals surface area contributed by atoms with Gasteiger partial charge in [0.05, 0.1) is 0 Å². The van der Waals surface area contributed by atoms with Gasteiger partial charge in [0.1, 0.15) is 11.6 Å². The Hall–Kier alpha value is -0.440. The second kappa shape index (κ2) is 4.55. The summed E-state index contributed by atoms with van der Waals surface area (Å²) in [5.74, 6) is -0.696. The Kier molecular flexibility index (Phi) is 3.66. The van der Waals surface area contributed by atoms with Crippen LogP contribution in [0.5, 0.6) is 0 Å². The van der Waals surface area contributed by atoms with Crippen molar-refractivity contribution in [1.29, 1.82) is 0 Å². The molecule has 0 nitrogen and oxygen atoms in total. The number of hydrogen-bond acceptors (Lipinski definition) is 0. The van der Waals surface area contributed by atoms with Crippen molar-refractivity contribution in [1.82, 2.24) is 0 Å². The fraction of sp³-hybridized carbons (Fsp3) is 0.333. The summed E-state index contributed by atoms with van der Waals surface area (Å²) in [7, 11) is 0. The number of halogens is 3. The molecule has 0 fully saturated rings. The van der Waals surface area contributed by atoms with Crippen molar-refractivity contribution in [3.63, 3.8) is 0 Å². The molecule has 1 rings (SSSR count). The average Bonchev–Trinajstić information content (AvgIpc) is 2.07. The van der Waals surface area contributed by atoms with E-state index in [9.17, 15) is 8.78 Å². The third-order valence-electron chi connectivity index (χ3n) is 1.59. The molecule has 12 heavy (non-hydrogen) atoms. The molecule has 0 spiro atoms. The van der Waals surface area contributed by atoms with E-state index >= 15 is 0 Å². The summed E-state index contributed by atoms with van der Waals surface area (Å²) < 4.78 is 25.5. The Bertz CT molecular complexity index is 261. The third-order valence-corrected chi connectivity index (χ3v) is 2.15. The summed E-state index contributed by atoms with van der Waals surface area (Å²) >= 11 is 3.23. The maximum Gasteiger partial charge on any atom is 0.126 e. The lowest BCUT2D eigenvalue weighted by atomic mass is 10.1. The SMILES string of the molecule is Fc1ccc(F)c(CCCBr)c1. The zero-order valence-electron chi connectivity index (χ0n) is 6.49. The van der Waals surface area contributed by atoms with Crippen molar-refractivity contribution in [2.45, 2.75) is 12.8 Å². The summed E-state index contributed by atoms with van der Waals surface area (Å²) in [6.45, 7) is 0. The van der Waals surface area contributed by atoms with Crippen LogP contribution >= 0.6 is 15.9 Å². The highest BCUT2D eigenvalue weighted by molar-refractivity contribution is 9.09. The molecule has 0 N–H and O–H groups in total. The van der Waals surface area contributed by atoms with E-state index in [-0.39, 0.29) is 11.6 Å². The van der Waals surface area contributed by atoms with Gasteiger partial charge in [0.2, 0.25) is 0 Å². The molecule has 0 aliphatic carbocycles. The van der Waals surface area contributed by atoms with Crippen LogP contribution in [-0.4, -0.2) is 5.33 Å². The zero-order valence-corrected chi connectivity index (χ0v) is 8.07. The quantitative estimate of drug-likeness (QED) is 0.705. The standard InChI is InChI=1S/C9H9BrF2/c10-5-1-2-7-6-8(11)3-4-9(7)12/h3-4,6H,1-2,5H2. The first kappa shape index (κ1) is 9.65. The van der Waals surface area contributed by atoms with Gasteiger partial charge in [-0.05, 0) is 36.6 Å². The molecule has 0 radical (unpaired) electrons. The Morgan fingerprint density at radius 1 is 1.25 bits per heavy atom. The number of aryl methyl sites for hydroxylation is 1. The first-order valence-corrected chi connectivity index (χ1v) is 4.86. The molecule has 0 aromatic heterocycles. The van der Waals surface area contributed by atoms with E-state index in [1.54, 1.807) is 0 Å². The van der Waals surface area contributed by atoms with E-state index in [4.69, 9.17) is 0 Å². The monoisotopic (exact) mass is 234 g/mol. The maximum absolute atomic E-state index is 12.9. The molecule has 0 saturated carbocycles. The molecule has 3 heteroatoms. The molecule has 0 unspecified atom stereocenters. The smallest absolute Gasteiger partial charge is 0.126 e. The van der Waals surface area contributed by atoms with E-state index in [2.05, 4.69) is 15.9 Å². The van der Waals surface area contributed by atoms with Crippen molar-refractivity contribution in [2.24, 2.45) is 0 Å². The zero-order chi connectivity index (χ0) is 8.97. The summed E-state index contributed by atoms with van der Waals surface area (Å²) in [5.41, 5.74) is 0.453. The summed E-state index contributed by atoms with van der Waals surface area (Å²) in [6, 6.07) is 3.55. The van der Waals surface area contributed by atoms with E-state index < -0.39 is 0 Å². The van der Waals surface area contributed by atoms with Gasteiger partial charge in [0, 0.05) is 5.33 Å². The summed E-state index contributed by atoms with van der Waals surface area (Å²) in [5, 5.41) is 0.808. The summed E-state index contributed by atoms with van der Waals surface area (Å²) in [6.07, 6.45) is 1.40. The lowest BCUT2D eigenvalue weighted by Crippen LogP contribution is -1.92. The predicted octanol–water partition coefficient (Wildman–Crippen LogP) is 3.29. The minimum atomic E-state index is -0.374. The van der Waals surface area contributed by atoms with E-state index in [0.717, 1.165) is 17.8 Å². The minimum absolute atomic E-state index is 0.322. The first-order chi connectivity index (χ1) is 5.74. The fourth-order valence-electron chi connectivity index (χ4n) is 0.992. The third kappa shape index (κ3) is 2.55. The highest BCUT2D eigenvalue weighted by Crippen LogP contribution is 2.11. The Morgan fingerprint density at radius 3 is 2.67 bits per heavy atom. The van der Waals surface area contributed by atoms with E-state index in [1.807, 2.05) is 0 Å². The average molecular weight is 235 g/mol. The molecule has 0 amide bonds. The lowest BCUT2D eigenvalue weighted by Gasteiger charge is -2.00. The molecule has 0 atom stereocenters. The highest BCUT2D eigenvalue weighted by Gasteiger charge is 2.02. The largest absolute Gasteiger partial charge is 0.207 e. The number of hydrogen-bond donors (Lipinski definition) is 0. The molecule has 0 aliphatic rings. The van der Waals surface area contributed by atoms with Crippen LogP contribution in [0.25, 0.3) is 0 Å². The maximum atomic E-state index is 12.9. The van der Waals surface area contributed by atoms with Gasteiger partial charge >= 0.3 is 0 Å². The van der Waals surface area contributed by atoms with Crippen molar-refractivity contribution in [3.8, 4) is 0 Å². The second-order valence-corrected chi connectivity index (χ2v) is 3.32. The topological polar surface area (TPSA) is 0 Å². The van der Waals surface area contributed by atoms with Crippen molar-refractivity contribution in [2.75, 3.05) is 5.33 Å². The molecule has 0 saturated heterocycles. The van der Waals surface area contributed by atoms with E-state index in [0.29, 0.717) is 12.0 Å². The molecular formula is C9H9BrF2. The lowest BCUT2D eigenvalue weighted by molar-refractivity contribution is 0.583. The van der Waals surface area contributed by atoms with Crippen LogP contribution < -0.4 is 0 Å². The van der Waals surface area contributed by atoms with Gasteiger partial charge in [0.25, 0.3) is 0 Å². The molecule has 1 aromatic carbocycles. The Labute approximate surface area is 78.7 Å². The molecule has 0 aliphatic heterocycles. The number of rotatable bonds is 3. The van der Waals surface area contributed by atoms with Crippen LogP contribution in [-0.2, 0) is 6.42 Å². The van der Waals surface area contributed by atoms with Gasteiger partial charge in [0.15, 0.2) is 0 Å².